The Labute approximate surface area is 322 Å². The fourth-order valence-corrected chi connectivity index (χ4v) is 7.37. The number of carbonyl (C=O) groups is 4. The number of carboxylic acids is 1. The van der Waals surface area contributed by atoms with Crippen molar-refractivity contribution in [2.75, 3.05) is 46.4 Å². The molecule has 2 fully saturated rings. The van der Waals surface area contributed by atoms with E-state index in [1.54, 1.807) is 11.0 Å². The number of ether oxygens (including phenoxy) is 1. The Hall–Kier alpha value is -4.26. The summed E-state index contributed by atoms with van der Waals surface area (Å²) in [7, 11) is 1.32. The lowest BCUT2D eigenvalue weighted by Gasteiger charge is -2.38. The number of Topliss-reactive ketones (excluding diaryl/α,β-unsaturated/α-hetero) is 2. The predicted octanol–water partition coefficient (Wildman–Crippen LogP) is 7.68. The first-order chi connectivity index (χ1) is 26.2. The maximum atomic E-state index is 14.0. The Kier molecular flexibility index (Phi) is 14.5. The third kappa shape index (κ3) is 12.4. The maximum Gasteiger partial charge on any atom is 0.311 e. The van der Waals surface area contributed by atoms with E-state index in [9.17, 15) is 36.7 Å². The number of hydrogen-bond donors (Lipinski definition) is 1. The van der Waals surface area contributed by atoms with Gasteiger partial charge in [0.15, 0.2) is 23.1 Å². The van der Waals surface area contributed by atoms with Crippen LogP contribution in [0, 0.1) is 11.8 Å². The second kappa shape index (κ2) is 19.1. The van der Waals surface area contributed by atoms with Crippen molar-refractivity contribution in [2.45, 2.75) is 63.2 Å². The number of aromatic nitrogens is 2. The van der Waals surface area contributed by atoms with E-state index in [0.717, 1.165) is 9.75 Å². The highest BCUT2D eigenvalue weighted by Crippen LogP contribution is 2.31. The van der Waals surface area contributed by atoms with Crippen LogP contribution in [0.4, 0.5) is 17.6 Å². The SMILES string of the molecule is COC(=O)C1CN(CCC(F)(F)CCCC(=O)c2cc(-c3cccs3)on2)C1.O=C(CCCC(F)(F)CCN1CC(C(=O)O)C1)c1cc(-c2cccs2)on1. The number of thiophene rings is 2. The number of rotatable bonds is 20. The molecule has 0 aromatic carbocycles. The second-order valence-corrected chi connectivity index (χ2v) is 15.5. The number of nitrogens with zero attached hydrogens (tertiary/aromatic N) is 4. The van der Waals surface area contributed by atoms with Crippen molar-refractivity contribution in [3.05, 3.63) is 58.5 Å². The van der Waals surface area contributed by atoms with Crippen LogP contribution in [-0.4, -0.2) is 107 Å². The molecule has 55 heavy (non-hydrogen) atoms. The van der Waals surface area contributed by atoms with E-state index in [0.29, 0.717) is 37.7 Å². The van der Waals surface area contributed by atoms with Gasteiger partial charge in [-0.1, -0.05) is 22.4 Å². The number of carbonyl (C=O) groups excluding carboxylic acids is 3. The lowest BCUT2D eigenvalue weighted by Crippen LogP contribution is -2.51. The first-order valence-corrected chi connectivity index (χ1v) is 19.6. The fourth-order valence-electron chi connectivity index (χ4n) is 6.02. The van der Waals surface area contributed by atoms with Crippen molar-refractivity contribution in [2.24, 2.45) is 11.8 Å². The van der Waals surface area contributed by atoms with Crippen molar-refractivity contribution in [1.82, 2.24) is 20.1 Å². The summed E-state index contributed by atoms with van der Waals surface area (Å²) in [4.78, 5) is 51.5. The molecule has 2 aliphatic rings. The number of hydrogen-bond acceptors (Lipinski definition) is 13. The molecule has 6 heterocycles. The van der Waals surface area contributed by atoms with Gasteiger partial charge in [0, 0.05) is 89.9 Å². The minimum Gasteiger partial charge on any atom is -0.481 e. The first-order valence-electron chi connectivity index (χ1n) is 17.8. The lowest BCUT2D eigenvalue weighted by atomic mass is 9.99. The van der Waals surface area contributed by atoms with Gasteiger partial charge in [-0.3, -0.25) is 19.2 Å². The number of esters is 1. The molecule has 18 heteroatoms. The highest BCUT2D eigenvalue weighted by molar-refractivity contribution is 7.13. The Morgan fingerprint density at radius 3 is 1.58 bits per heavy atom. The molecule has 1 N–H and O–H groups in total. The van der Waals surface area contributed by atoms with E-state index in [-0.39, 0.29) is 99.3 Å². The van der Waals surface area contributed by atoms with Crippen LogP contribution in [0.15, 0.2) is 56.2 Å². The third-order valence-corrected chi connectivity index (χ3v) is 11.2. The number of ketones is 2. The van der Waals surface area contributed by atoms with Gasteiger partial charge in [0.1, 0.15) is 11.4 Å². The van der Waals surface area contributed by atoms with Crippen LogP contribution >= 0.6 is 22.7 Å². The minimum absolute atomic E-state index is 0.000132. The molecule has 0 spiro atoms. The second-order valence-electron chi connectivity index (χ2n) is 13.6. The molecule has 0 unspecified atom stereocenters. The molecule has 0 radical (unpaired) electrons. The topological polar surface area (TPSA) is 156 Å². The normalized spacial score (nSPS) is 15.5. The van der Waals surface area contributed by atoms with Gasteiger partial charge in [0.05, 0.1) is 28.7 Å². The quantitative estimate of drug-likeness (QED) is 0.0529. The van der Waals surface area contributed by atoms with Gasteiger partial charge in [0.2, 0.25) is 11.8 Å². The van der Waals surface area contributed by atoms with Crippen LogP contribution < -0.4 is 0 Å². The van der Waals surface area contributed by atoms with Crippen molar-refractivity contribution in [3.63, 3.8) is 0 Å². The molecule has 2 saturated heterocycles. The average Bonchev–Trinajstić information content (AvgIpc) is 3.94. The van der Waals surface area contributed by atoms with Gasteiger partial charge in [-0.05, 0) is 35.7 Å². The molecule has 0 saturated carbocycles. The van der Waals surface area contributed by atoms with E-state index in [1.165, 1.54) is 35.8 Å². The van der Waals surface area contributed by atoms with Crippen LogP contribution in [0.2, 0.25) is 0 Å². The van der Waals surface area contributed by atoms with Crippen LogP contribution in [0.5, 0.6) is 0 Å². The number of alkyl halides is 4. The zero-order valence-electron chi connectivity index (χ0n) is 30.1. The molecular weight excluding hydrogens is 769 g/mol. The number of likely N-dealkylation sites (tertiary alicyclic amines) is 2. The summed E-state index contributed by atoms with van der Waals surface area (Å²) in [6.07, 6.45) is -1.24. The van der Waals surface area contributed by atoms with Gasteiger partial charge in [-0.25, -0.2) is 17.6 Å². The van der Waals surface area contributed by atoms with Crippen LogP contribution in [-0.2, 0) is 14.3 Å². The van der Waals surface area contributed by atoms with Gasteiger partial charge in [-0.15, -0.1) is 22.7 Å². The van der Waals surface area contributed by atoms with E-state index >= 15 is 0 Å². The third-order valence-electron chi connectivity index (χ3n) is 9.40. The number of aliphatic carboxylic acids is 1. The van der Waals surface area contributed by atoms with Gasteiger partial charge >= 0.3 is 11.9 Å². The van der Waals surface area contributed by atoms with Crippen molar-refractivity contribution in [3.8, 4) is 21.3 Å². The van der Waals surface area contributed by atoms with Crippen molar-refractivity contribution in [1.29, 1.82) is 0 Å². The Bertz CT molecular complexity index is 1850. The Balaban J connectivity index is 0.000000211. The van der Waals surface area contributed by atoms with Crippen molar-refractivity contribution >= 4 is 46.2 Å². The number of carboxylic acid groups (broad SMARTS) is 1. The summed E-state index contributed by atoms with van der Waals surface area (Å²) in [6, 6.07) is 10.5. The standard InChI is InChI=1S/C19H22F2N2O4S.C18H20F2N2O4S/c1-26-18(25)13-11-23(12-13)8-7-19(20,21)6-2-4-15(24)14-10-16(27-22-14)17-5-3-9-28-17;19-18(20,6-7-22-10-12(11-22)17(24)25)5-1-3-14(23)13-9-15(26-21-13)16-4-2-8-27-16/h3,5,9-10,13H,2,4,6-8,11-12H2,1H3;2,4,8-9,12H,1,3,5-7,10-11H2,(H,24,25). The molecule has 4 aromatic rings. The lowest BCUT2D eigenvalue weighted by molar-refractivity contribution is -0.152. The summed E-state index contributed by atoms with van der Waals surface area (Å²) >= 11 is 2.92. The first kappa shape index (κ1) is 41.9. The molecule has 2 aliphatic heterocycles. The van der Waals surface area contributed by atoms with Crippen LogP contribution in [0.1, 0.15) is 72.3 Å². The summed E-state index contributed by atoms with van der Waals surface area (Å²) in [5, 5.41) is 20.0. The van der Waals surface area contributed by atoms with E-state index < -0.39 is 23.7 Å². The van der Waals surface area contributed by atoms with Crippen LogP contribution in [0.25, 0.3) is 21.3 Å². The molecule has 12 nitrogen and oxygen atoms in total. The average molecular weight is 811 g/mol. The van der Waals surface area contributed by atoms with Gasteiger partial charge < -0.3 is 28.7 Å². The maximum absolute atomic E-state index is 14.0. The Morgan fingerprint density at radius 1 is 0.764 bits per heavy atom. The monoisotopic (exact) mass is 810 g/mol. The van der Waals surface area contributed by atoms with E-state index in [1.807, 2.05) is 39.9 Å². The highest BCUT2D eigenvalue weighted by Gasteiger charge is 2.37. The number of methoxy groups -OCH3 is 1. The van der Waals surface area contributed by atoms with E-state index in [2.05, 4.69) is 15.1 Å². The zero-order valence-corrected chi connectivity index (χ0v) is 31.7. The zero-order chi connectivity index (χ0) is 39.6. The molecule has 0 aliphatic carbocycles. The molecular formula is C37H42F4N4O8S2. The molecule has 0 amide bonds. The van der Waals surface area contributed by atoms with Crippen molar-refractivity contribution < 1.29 is 55.6 Å². The molecule has 4 aromatic heterocycles. The Morgan fingerprint density at radius 2 is 1.20 bits per heavy atom. The summed E-state index contributed by atoms with van der Waals surface area (Å²) in [5.41, 5.74) is 0.322. The predicted molar refractivity (Wildman–Crippen MR) is 195 cm³/mol. The fraction of sp³-hybridized carbons (Fsp3) is 0.514. The van der Waals surface area contributed by atoms with Gasteiger partial charge in [-0.2, -0.15) is 0 Å². The molecule has 0 atom stereocenters. The highest BCUT2D eigenvalue weighted by atomic mass is 32.1. The summed E-state index contributed by atoms with van der Waals surface area (Å²) in [6.45, 7) is 1.95. The largest absolute Gasteiger partial charge is 0.481 e. The van der Waals surface area contributed by atoms with E-state index in [4.69, 9.17) is 14.2 Å². The van der Waals surface area contributed by atoms with Gasteiger partial charge in [0.25, 0.3) is 0 Å². The molecule has 298 valence electrons. The minimum atomic E-state index is -2.87. The van der Waals surface area contributed by atoms with Crippen LogP contribution in [0.3, 0.4) is 0 Å². The smallest absolute Gasteiger partial charge is 0.311 e. The molecule has 6 rings (SSSR count). The number of halogens is 4. The molecule has 0 bridgehead atoms. The summed E-state index contributed by atoms with van der Waals surface area (Å²) in [5.74, 6) is -7.17. The summed E-state index contributed by atoms with van der Waals surface area (Å²) < 4.78 is 70.9.